The summed E-state index contributed by atoms with van der Waals surface area (Å²) in [4.78, 5) is 37.4. The van der Waals surface area contributed by atoms with Gasteiger partial charge in [0.2, 0.25) is 0 Å². The van der Waals surface area contributed by atoms with Gasteiger partial charge in [-0.15, -0.1) is 0 Å². The number of esters is 1. The molecular weight excluding hydrogens is 356 g/mol. The zero-order valence-corrected chi connectivity index (χ0v) is 17.5. The number of ketones is 2. The van der Waals surface area contributed by atoms with E-state index in [2.05, 4.69) is 13.8 Å². The van der Waals surface area contributed by atoms with E-state index in [0.29, 0.717) is 30.0 Å². The predicted molar refractivity (Wildman–Crippen MR) is 101 cm³/mol. The van der Waals surface area contributed by atoms with E-state index in [4.69, 9.17) is 9.47 Å². The molecule has 0 unspecified atom stereocenters. The van der Waals surface area contributed by atoms with Gasteiger partial charge in [-0.3, -0.25) is 14.4 Å². The summed E-state index contributed by atoms with van der Waals surface area (Å²) in [6.07, 6.45) is 6.26. The Morgan fingerprint density at radius 3 is 2.54 bits per heavy atom. The van der Waals surface area contributed by atoms with Gasteiger partial charge in [0, 0.05) is 24.7 Å². The van der Waals surface area contributed by atoms with Crippen LogP contribution in [0, 0.1) is 34.5 Å². The Morgan fingerprint density at radius 2 is 1.86 bits per heavy atom. The van der Waals surface area contributed by atoms with Crippen LogP contribution in [0.5, 0.6) is 0 Å². The summed E-state index contributed by atoms with van der Waals surface area (Å²) >= 11 is 0. The van der Waals surface area contributed by atoms with E-state index in [-0.39, 0.29) is 40.7 Å². The number of rotatable bonds is 2. The lowest BCUT2D eigenvalue weighted by Gasteiger charge is -2.60. The highest BCUT2D eigenvalue weighted by atomic mass is 16.6. The second-order valence-electron chi connectivity index (χ2n) is 10.7. The monoisotopic (exact) mass is 388 g/mol. The van der Waals surface area contributed by atoms with E-state index in [0.717, 1.165) is 38.5 Å². The van der Waals surface area contributed by atoms with Crippen molar-refractivity contribution in [1.82, 2.24) is 0 Å². The molecule has 5 nitrogen and oxygen atoms in total. The standard InChI is InChI=1S/C23H32O5/c1-12(24)23-19(28-23)10-17-16-6-5-14-9-15(27-13(2)25)7-8-21(14,3)20(16)18(26)11-22(17,23)4/h14-17,19-20H,5-11H2,1-4H3/t14-,15-,16-,17-,19+,20+,21-,22-,23+/m0/s1. The van der Waals surface area contributed by atoms with Crippen molar-refractivity contribution in [3.63, 3.8) is 0 Å². The SMILES string of the molecule is CC(=O)O[C@H]1CC[C@@]2(C)[C@@H](CC[C@@H]3[C@@H]2C(=O)C[C@@]2(C)[C@H]3C[C@H]3O[C@]32C(C)=O)C1. The molecule has 0 spiro atoms. The summed E-state index contributed by atoms with van der Waals surface area (Å²) in [7, 11) is 0. The van der Waals surface area contributed by atoms with Crippen molar-refractivity contribution < 1.29 is 23.9 Å². The molecule has 154 valence electrons. The average Bonchev–Trinajstić information content (AvgIpc) is 3.28. The fourth-order valence-corrected chi connectivity index (χ4v) is 8.44. The van der Waals surface area contributed by atoms with Crippen LogP contribution < -0.4 is 0 Å². The molecule has 1 heterocycles. The summed E-state index contributed by atoms with van der Waals surface area (Å²) in [6, 6.07) is 0. The van der Waals surface area contributed by atoms with Gasteiger partial charge in [0.25, 0.3) is 0 Å². The molecule has 0 amide bonds. The highest BCUT2D eigenvalue weighted by Gasteiger charge is 2.80. The Labute approximate surface area is 166 Å². The highest BCUT2D eigenvalue weighted by Crippen LogP contribution is 2.73. The molecule has 0 radical (unpaired) electrons. The molecule has 5 heteroatoms. The Balaban J connectivity index is 1.44. The molecule has 9 atom stereocenters. The second-order valence-corrected chi connectivity index (χ2v) is 10.7. The van der Waals surface area contributed by atoms with Crippen molar-refractivity contribution in [3.05, 3.63) is 0 Å². The van der Waals surface area contributed by atoms with Crippen molar-refractivity contribution in [1.29, 1.82) is 0 Å². The van der Waals surface area contributed by atoms with Gasteiger partial charge in [-0.2, -0.15) is 0 Å². The van der Waals surface area contributed by atoms with Crippen molar-refractivity contribution in [2.45, 2.75) is 90.4 Å². The number of carbonyl (C=O) groups excluding carboxylic acids is 3. The molecule has 0 aromatic heterocycles. The maximum atomic E-state index is 13.6. The highest BCUT2D eigenvalue weighted by molar-refractivity contribution is 5.93. The van der Waals surface area contributed by atoms with Gasteiger partial charge < -0.3 is 9.47 Å². The smallest absolute Gasteiger partial charge is 0.302 e. The first-order valence-corrected chi connectivity index (χ1v) is 11.0. The largest absolute Gasteiger partial charge is 0.463 e. The zero-order chi connectivity index (χ0) is 20.1. The molecule has 28 heavy (non-hydrogen) atoms. The molecule has 5 rings (SSSR count). The lowest BCUT2D eigenvalue weighted by molar-refractivity contribution is -0.174. The molecule has 0 bridgehead atoms. The van der Waals surface area contributed by atoms with E-state index in [1.54, 1.807) is 6.92 Å². The van der Waals surface area contributed by atoms with Crippen LogP contribution in [0.3, 0.4) is 0 Å². The minimum atomic E-state index is -0.691. The van der Waals surface area contributed by atoms with Gasteiger partial charge in [-0.25, -0.2) is 0 Å². The molecule has 5 fully saturated rings. The van der Waals surface area contributed by atoms with Crippen LogP contribution in [0.25, 0.3) is 0 Å². The molecule has 0 aromatic carbocycles. The first kappa shape index (κ1) is 18.8. The third kappa shape index (κ3) is 2.15. The summed E-state index contributed by atoms with van der Waals surface area (Å²) < 4.78 is 11.4. The molecule has 1 saturated heterocycles. The van der Waals surface area contributed by atoms with Crippen LogP contribution in [0.2, 0.25) is 0 Å². The maximum absolute atomic E-state index is 13.6. The van der Waals surface area contributed by atoms with E-state index < -0.39 is 5.60 Å². The minimum absolute atomic E-state index is 0.00425. The summed E-state index contributed by atoms with van der Waals surface area (Å²) in [5.41, 5.74) is -1.03. The second kappa shape index (κ2) is 5.68. The quantitative estimate of drug-likeness (QED) is 0.535. The summed E-state index contributed by atoms with van der Waals surface area (Å²) in [6.45, 7) is 7.57. The first-order valence-electron chi connectivity index (χ1n) is 11.0. The van der Waals surface area contributed by atoms with Crippen LogP contribution in [0.4, 0.5) is 0 Å². The van der Waals surface area contributed by atoms with E-state index in [1.165, 1.54) is 6.92 Å². The van der Waals surface area contributed by atoms with Crippen LogP contribution in [-0.4, -0.2) is 35.3 Å². The van der Waals surface area contributed by atoms with Gasteiger partial charge in [-0.1, -0.05) is 13.8 Å². The van der Waals surface area contributed by atoms with E-state index in [1.807, 2.05) is 0 Å². The third-order valence-electron chi connectivity index (χ3n) is 9.59. The number of hydrogen-bond acceptors (Lipinski definition) is 5. The Kier molecular flexibility index (Phi) is 3.81. The number of carbonyl (C=O) groups is 3. The van der Waals surface area contributed by atoms with Gasteiger partial charge in [0.15, 0.2) is 11.4 Å². The summed E-state index contributed by atoms with van der Waals surface area (Å²) in [5, 5.41) is 0. The molecule has 5 aliphatic rings. The van der Waals surface area contributed by atoms with Crippen molar-refractivity contribution in [2.24, 2.45) is 34.5 Å². The van der Waals surface area contributed by atoms with Gasteiger partial charge in [0.1, 0.15) is 11.9 Å². The number of epoxide rings is 1. The Bertz CT molecular complexity index is 760. The molecule has 4 saturated carbocycles. The minimum Gasteiger partial charge on any atom is -0.463 e. The van der Waals surface area contributed by atoms with E-state index >= 15 is 0 Å². The Hall–Kier alpha value is -1.23. The average molecular weight is 389 g/mol. The molecular formula is C23H32O5. The molecule has 1 aliphatic heterocycles. The van der Waals surface area contributed by atoms with Crippen LogP contribution in [0.15, 0.2) is 0 Å². The number of fused-ring (bicyclic) bond motifs is 7. The molecule has 0 N–H and O–H groups in total. The third-order valence-corrected chi connectivity index (χ3v) is 9.59. The van der Waals surface area contributed by atoms with Gasteiger partial charge in [0.05, 0.1) is 6.10 Å². The van der Waals surface area contributed by atoms with Gasteiger partial charge >= 0.3 is 5.97 Å². The van der Waals surface area contributed by atoms with Crippen LogP contribution in [0.1, 0.15) is 72.6 Å². The number of ether oxygens (including phenoxy) is 2. The fraction of sp³-hybridized carbons (Fsp3) is 0.870. The zero-order valence-electron chi connectivity index (χ0n) is 17.5. The lowest BCUT2D eigenvalue weighted by Crippen LogP contribution is -2.60. The maximum Gasteiger partial charge on any atom is 0.302 e. The lowest BCUT2D eigenvalue weighted by atomic mass is 9.44. The van der Waals surface area contributed by atoms with Crippen molar-refractivity contribution in [2.75, 3.05) is 0 Å². The summed E-state index contributed by atoms with van der Waals surface area (Å²) in [5.74, 6) is 1.55. The normalized spacial score (nSPS) is 54.1. The number of Topliss-reactive ketones (excluding diaryl/α,β-unsaturated/α-hetero) is 2. The van der Waals surface area contributed by atoms with Gasteiger partial charge in [-0.05, 0) is 68.6 Å². The van der Waals surface area contributed by atoms with Crippen LogP contribution >= 0.6 is 0 Å². The topological polar surface area (TPSA) is 73.0 Å². The molecule has 0 aromatic rings. The Morgan fingerprint density at radius 1 is 1.11 bits per heavy atom. The van der Waals surface area contributed by atoms with Crippen molar-refractivity contribution in [3.8, 4) is 0 Å². The number of hydrogen-bond donors (Lipinski definition) is 0. The molecule has 4 aliphatic carbocycles. The first-order chi connectivity index (χ1) is 13.1. The fourth-order valence-electron chi connectivity index (χ4n) is 8.44. The van der Waals surface area contributed by atoms with E-state index in [9.17, 15) is 14.4 Å². The van der Waals surface area contributed by atoms with Crippen molar-refractivity contribution >= 4 is 17.5 Å². The van der Waals surface area contributed by atoms with Crippen LogP contribution in [-0.2, 0) is 23.9 Å². The predicted octanol–water partition coefficient (Wildman–Crippen LogP) is 3.48.